The van der Waals surface area contributed by atoms with E-state index in [2.05, 4.69) is 15.1 Å². The Morgan fingerprint density at radius 2 is 1.88 bits per heavy atom. The van der Waals surface area contributed by atoms with Crippen LogP contribution in [0.3, 0.4) is 0 Å². The van der Waals surface area contributed by atoms with Crippen LogP contribution in [0.1, 0.15) is 52.0 Å². The second-order valence-electron chi connectivity index (χ2n) is 7.90. The summed E-state index contributed by atoms with van der Waals surface area (Å²) in [5.41, 5.74) is 0.720. The van der Waals surface area contributed by atoms with Gasteiger partial charge in [-0.3, -0.25) is 9.59 Å². The molecule has 2 N–H and O–H groups in total. The van der Waals surface area contributed by atoms with Gasteiger partial charge in [-0.25, -0.2) is 18.1 Å². The van der Waals surface area contributed by atoms with Crippen LogP contribution in [0.2, 0.25) is 0 Å². The number of sulfonamides is 1. The van der Waals surface area contributed by atoms with Gasteiger partial charge in [0.1, 0.15) is 0 Å². The number of hydrazone groups is 1. The van der Waals surface area contributed by atoms with Gasteiger partial charge < -0.3 is 10.2 Å². The summed E-state index contributed by atoms with van der Waals surface area (Å²) < 4.78 is 28.2. The van der Waals surface area contributed by atoms with Gasteiger partial charge in [-0.05, 0) is 37.3 Å². The van der Waals surface area contributed by atoms with Gasteiger partial charge >= 0.3 is 0 Å². The summed E-state index contributed by atoms with van der Waals surface area (Å²) in [5, 5.41) is 8.79. The number of hydrogen-bond donors (Lipinski definition) is 2. The third-order valence-electron chi connectivity index (χ3n) is 5.38. The molecule has 0 radical (unpaired) electrons. The Labute approximate surface area is 201 Å². The monoisotopic (exact) mass is 497 g/mol. The fraction of sp³-hybridized carbons (Fsp3) is 0.591. The van der Waals surface area contributed by atoms with Crippen LogP contribution < -0.4 is 10.0 Å². The van der Waals surface area contributed by atoms with Crippen molar-refractivity contribution in [2.45, 2.75) is 51.3 Å². The first-order valence-electron chi connectivity index (χ1n) is 11.3. The lowest BCUT2D eigenvalue weighted by Crippen LogP contribution is -2.50. The molecule has 1 aromatic carbocycles. The largest absolute Gasteiger partial charge is 0.306 e. The molecule has 1 atom stereocenters. The third-order valence-corrected chi connectivity index (χ3v) is 7.96. The summed E-state index contributed by atoms with van der Waals surface area (Å²) in [6.45, 7) is 6.74. The van der Waals surface area contributed by atoms with Gasteiger partial charge in [0.2, 0.25) is 21.8 Å². The van der Waals surface area contributed by atoms with Crippen LogP contribution in [0.4, 0.5) is 0 Å². The van der Waals surface area contributed by atoms with E-state index in [-0.39, 0.29) is 42.1 Å². The third kappa shape index (κ3) is 7.53. The fourth-order valence-electron chi connectivity index (χ4n) is 3.15. The van der Waals surface area contributed by atoms with E-state index in [0.717, 1.165) is 18.5 Å². The van der Waals surface area contributed by atoms with Crippen molar-refractivity contribution >= 4 is 38.8 Å². The highest BCUT2D eigenvalue weighted by Crippen LogP contribution is 2.45. The van der Waals surface area contributed by atoms with Gasteiger partial charge in [0.15, 0.2) is 10.0 Å². The molecule has 0 bridgehead atoms. The molecule has 1 aliphatic rings. The van der Waals surface area contributed by atoms with Crippen molar-refractivity contribution in [2.75, 3.05) is 32.4 Å². The summed E-state index contributed by atoms with van der Waals surface area (Å²) in [6.07, 6.45) is 2.06. The molecule has 9 nitrogen and oxygen atoms in total. The van der Waals surface area contributed by atoms with Crippen LogP contribution in [-0.2, 0) is 24.5 Å². The van der Waals surface area contributed by atoms with Crippen LogP contribution in [0, 0.1) is 0 Å². The lowest BCUT2D eigenvalue weighted by molar-refractivity contribution is -0.134. The quantitative estimate of drug-likeness (QED) is 0.458. The van der Waals surface area contributed by atoms with Crippen LogP contribution in [0.25, 0.3) is 0 Å². The van der Waals surface area contributed by atoms with Crippen LogP contribution >= 0.6 is 11.8 Å². The molecule has 11 heteroatoms. The number of rotatable bonds is 12. The second-order valence-corrected chi connectivity index (χ2v) is 11.1. The van der Waals surface area contributed by atoms with Crippen molar-refractivity contribution in [1.29, 1.82) is 0 Å². The molecular formula is C22H35N5O4S2. The second kappa shape index (κ2) is 12.5. The number of carbonyl (C=O) groups is 2. The number of amidine groups is 1. The highest BCUT2D eigenvalue weighted by atomic mass is 32.2. The SMILES string of the molecule is CCCCC(=O)N1N=C(NC(=O)CC)SC1(CNS(=O)(=O)CCN(C)CC)c1ccccc1. The van der Waals surface area contributed by atoms with Crippen LogP contribution in [0.5, 0.6) is 0 Å². The maximum atomic E-state index is 13.2. The first kappa shape index (κ1) is 27.3. The molecule has 0 spiro atoms. The number of thioether (sulfide) groups is 1. The van der Waals surface area contributed by atoms with Gasteiger partial charge in [0.05, 0.1) is 12.3 Å². The molecule has 0 fully saturated rings. The average Bonchev–Trinajstić information content (AvgIpc) is 3.19. The Kier molecular flexibility index (Phi) is 10.3. The van der Waals surface area contributed by atoms with E-state index in [1.54, 1.807) is 6.92 Å². The topological polar surface area (TPSA) is 111 Å². The van der Waals surface area contributed by atoms with E-state index in [0.29, 0.717) is 13.0 Å². The predicted octanol–water partition coefficient (Wildman–Crippen LogP) is 2.27. The minimum absolute atomic E-state index is 0.0586. The standard InChI is InChI=1S/C22H35N5O4S2/c1-5-8-14-20(29)27-22(18-12-10-9-11-13-18,32-21(25-27)24-19(28)6-2)17-23-33(30,31)16-15-26(4)7-3/h9-13,23H,5-8,14-17H2,1-4H3,(H,24,25,28). The molecule has 2 rings (SSSR count). The summed E-state index contributed by atoms with van der Waals surface area (Å²) in [5.74, 6) is -0.509. The maximum Gasteiger partial charge on any atom is 0.244 e. The van der Waals surface area contributed by atoms with E-state index in [1.807, 2.05) is 56.1 Å². The minimum atomic E-state index is -3.61. The highest BCUT2D eigenvalue weighted by Gasteiger charge is 2.49. The summed E-state index contributed by atoms with van der Waals surface area (Å²) >= 11 is 1.18. The number of hydrogen-bond acceptors (Lipinski definition) is 7. The molecular weight excluding hydrogens is 462 g/mol. The van der Waals surface area contributed by atoms with E-state index in [4.69, 9.17) is 0 Å². The molecule has 0 aliphatic carbocycles. The molecule has 2 amide bonds. The Bertz CT molecular complexity index is 939. The first-order chi connectivity index (χ1) is 15.7. The maximum absolute atomic E-state index is 13.2. The lowest BCUT2D eigenvalue weighted by atomic mass is 10.1. The first-order valence-corrected chi connectivity index (χ1v) is 13.8. The summed E-state index contributed by atoms with van der Waals surface area (Å²) in [4.78, 5) is 26.0. The Balaban J connectivity index is 2.40. The minimum Gasteiger partial charge on any atom is -0.306 e. The number of benzene rings is 1. The molecule has 1 unspecified atom stereocenters. The van der Waals surface area contributed by atoms with Crippen LogP contribution in [0.15, 0.2) is 35.4 Å². The van der Waals surface area contributed by atoms with Crippen molar-refractivity contribution in [2.24, 2.45) is 5.10 Å². The number of carbonyl (C=O) groups excluding carboxylic acids is 2. The highest BCUT2D eigenvalue weighted by molar-refractivity contribution is 8.14. The van der Waals surface area contributed by atoms with Crippen molar-refractivity contribution in [1.82, 2.24) is 19.9 Å². The zero-order valence-corrected chi connectivity index (χ0v) is 21.5. The zero-order valence-electron chi connectivity index (χ0n) is 19.8. The number of unbranched alkanes of at least 4 members (excludes halogenated alkanes) is 1. The van der Waals surface area contributed by atoms with Crippen LogP contribution in [-0.4, -0.2) is 67.7 Å². The van der Waals surface area contributed by atoms with E-state index in [9.17, 15) is 18.0 Å². The zero-order chi connectivity index (χ0) is 24.5. The van der Waals surface area contributed by atoms with Crippen molar-refractivity contribution < 1.29 is 18.0 Å². The Morgan fingerprint density at radius 3 is 2.48 bits per heavy atom. The number of nitrogens with one attached hydrogen (secondary N) is 2. The normalized spacial score (nSPS) is 18.5. The van der Waals surface area contributed by atoms with Crippen molar-refractivity contribution in [3.05, 3.63) is 35.9 Å². The van der Waals surface area contributed by atoms with Gasteiger partial charge in [-0.1, -0.05) is 57.5 Å². The van der Waals surface area contributed by atoms with E-state index >= 15 is 0 Å². The summed E-state index contributed by atoms with van der Waals surface area (Å²) in [6, 6.07) is 9.20. The van der Waals surface area contributed by atoms with E-state index in [1.165, 1.54) is 16.8 Å². The molecule has 184 valence electrons. The smallest absolute Gasteiger partial charge is 0.244 e. The number of nitrogens with zero attached hydrogens (tertiary/aromatic N) is 3. The van der Waals surface area contributed by atoms with Gasteiger partial charge in [-0.15, -0.1) is 5.10 Å². The Morgan fingerprint density at radius 1 is 1.18 bits per heavy atom. The Hall–Kier alpha value is -1.95. The van der Waals surface area contributed by atoms with E-state index < -0.39 is 14.9 Å². The number of amides is 2. The molecule has 33 heavy (non-hydrogen) atoms. The average molecular weight is 498 g/mol. The summed E-state index contributed by atoms with van der Waals surface area (Å²) in [7, 11) is -1.75. The van der Waals surface area contributed by atoms with Gasteiger partial charge in [0.25, 0.3) is 0 Å². The van der Waals surface area contributed by atoms with Crippen molar-refractivity contribution in [3.8, 4) is 0 Å². The molecule has 0 aromatic heterocycles. The molecule has 0 saturated carbocycles. The molecule has 1 aromatic rings. The lowest BCUT2D eigenvalue weighted by Gasteiger charge is -2.35. The van der Waals surface area contributed by atoms with Crippen molar-refractivity contribution in [3.63, 3.8) is 0 Å². The van der Waals surface area contributed by atoms with Gasteiger partial charge in [-0.2, -0.15) is 0 Å². The molecule has 1 aliphatic heterocycles. The molecule has 0 saturated heterocycles. The molecule has 1 heterocycles. The van der Waals surface area contributed by atoms with Gasteiger partial charge in [0, 0.05) is 19.4 Å². The predicted molar refractivity (Wildman–Crippen MR) is 133 cm³/mol. The fourth-order valence-corrected chi connectivity index (χ4v) is 5.60.